The highest BCUT2D eigenvalue weighted by atomic mass is 15.3. The molecule has 1 aromatic rings. The first-order valence-corrected chi connectivity index (χ1v) is 7.85. The third-order valence-electron chi connectivity index (χ3n) is 3.79. The van der Waals surface area contributed by atoms with Gasteiger partial charge in [0.1, 0.15) is 6.17 Å². The molecule has 0 fully saturated rings. The SMILES string of the molecule is C=C(CC(C)(C)C)NCC1Nc2ccc(C)cc2N1CC. The molecule has 1 unspecified atom stereocenters. The van der Waals surface area contributed by atoms with Crippen molar-refractivity contribution < 1.29 is 0 Å². The van der Waals surface area contributed by atoms with E-state index in [-0.39, 0.29) is 5.41 Å². The molecule has 116 valence electrons. The Labute approximate surface area is 129 Å². The molecule has 1 aliphatic heterocycles. The molecule has 2 rings (SSSR count). The number of nitrogens with one attached hydrogen (secondary N) is 2. The third kappa shape index (κ3) is 3.93. The van der Waals surface area contributed by atoms with Gasteiger partial charge >= 0.3 is 0 Å². The minimum atomic E-state index is 0.276. The fourth-order valence-electron chi connectivity index (χ4n) is 2.92. The molecule has 0 saturated heterocycles. The third-order valence-corrected chi connectivity index (χ3v) is 3.79. The van der Waals surface area contributed by atoms with Gasteiger partial charge in [0, 0.05) is 12.2 Å². The first-order valence-electron chi connectivity index (χ1n) is 7.85. The number of rotatable bonds is 5. The highest BCUT2D eigenvalue weighted by molar-refractivity contribution is 5.76. The number of aryl methyl sites for hydroxylation is 1. The van der Waals surface area contributed by atoms with Crippen LogP contribution in [0.5, 0.6) is 0 Å². The van der Waals surface area contributed by atoms with Crippen LogP contribution < -0.4 is 15.5 Å². The smallest absolute Gasteiger partial charge is 0.117 e. The Bertz CT molecular complexity index is 514. The normalized spacial score (nSPS) is 17.4. The van der Waals surface area contributed by atoms with E-state index < -0.39 is 0 Å². The monoisotopic (exact) mass is 287 g/mol. The Morgan fingerprint density at radius 3 is 2.71 bits per heavy atom. The fourth-order valence-corrected chi connectivity index (χ4v) is 2.92. The van der Waals surface area contributed by atoms with E-state index in [0.717, 1.165) is 25.2 Å². The molecule has 1 heterocycles. The lowest BCUT2D eigenvalue weighted by atomic mass is 9.91. The molecular weight excluding hydrogens is 258 g/mol. The van der Waals surface area contributed by atoms with Gasteiger partial charge in [-0.3, -0.25) is 0 Å². The quantitative estimate of drug-likeness (QED) is 0.853. The summed E-state index contributed by atoms with van der Waals surface area (Å²) in [4.78, 5) is 2.42. The van der Waals surface area contributed by atoms with Crippen LogP contribution in [0.4, 0.5) is 11.4 Å². The second kappa shape index (κ2) is 6.00. The standard InChI is InChI=1S/C18H29N3/c1-7-21-16-10-13(2)8-9-15(16)20-17(21)12-19-14(3)11-18(4,5)6/h8-10,17,19-20H,3,7,11-12H2,1-2,4-6H3. The van der Waals surface area contributed by atoms with Crippen LogP contribution in [0.1, 0.15) is 39.7 Å². The molecule has 0 saturated carbocycles. The number of nitrogens with zero attached hydrogens (tertiary/aromatic N) is 1. The second-order valence-corrected chi connectivity index (χ2v) is 7.19. The number of hydrogen-bond acceptors (Lipinski definition) is 3. The van der Waals surface area contributed by atoms with E-state index in [9.17, 15) is 0 Å². The summed E-state index contributed by atoms with van der Waals surface area (Å²) in [5.41, 5.74) is 5.24. The lowest BCUT2D eigenvalue weighted by molar-refractivity contribution is 0.397. The fraction of sp³-hybridized carbons (Fsp3) is 0.556. The van der Waals surface area contributed by atoms with Crippen LogP contribution >= 0.6 is 0 Å². The van der Waals surface area contributed by atoms with Gasteiger partial charge in [0.15, 0.2) is 0 Å². The van der Waals surface area contributed by atoms with Gasteiger partial charge in [-0.05, 0) is 43.4 Å². The topological polar surface area (TPSA) is 27.3 Å². The Hall–Kier alpha value is -1.64. The lowest BCUT2D eigenvalue weighted by Gasteiger charge is -2.28. The molecule has 1 aromatic carbocycles. The number of likely N-dealkylation sites (N-methyl/N-ethyl adjacent to an activating group) is 1. The van der Waals surface area contributed by atoms with Crippen molar-refractivity contribution in [2.45, 2.75) is 47.2 Å². The van der Waals surface area contributed by atoms with Crippen LogP contribution in [0.15, 0.2) is 30.5 Å². The van der Waals surface area contributed by atoms with E-state index >= 15 is 0 Å². The molecule has 0 bridgehead atoms. The van der Waals surface area contributed by atoms with Gasteiger partial charge in [-0.2, -0.15) is 0 Å². The van der Waals surface area contributed by atoms with Crippen molar-refractivity contribution in [3.8, 4) is 0 Å². The van der Waals surface area contributed by atoms with Crippen LogP contribution in [-0.2, 0) is 0 Å². The summed E-state index contributed by atoms with van der Waals surface area (Å²) in [6.45, 7) is 17.1. The van der Waals surface area contributed by atoms with E-state index in [1.807, 2.05) is 0 Å². The van der Waals surface area contributed by atoms with Gasteiger partial charge < -0.3 is 15.5 Å². The second-order valence-electron chi connectivity index (χ2n) is 7.19. The van der Waals surface area contributed by atoms with Crippen LogP contribution in [0, 0.1) is 12.3 Å². The van der Waals surface area contributed by atoms with Crippen molar-refractivity contribution >= 4 is 11.4 Å². The summed E-state index contributed by atoms with van der Waals surface area (Å²) in [7, 11) is 0. The molecule has 1 aliphatic rings. The number of hydrogen-bond donors (Lipinski definition) is 2. The van der Waals surface area contributed by atoms with Gasteiger partial charge in [0.25, 0.3) is 0 Å². The molecular formula is C18H29N3. The van der Waals surface area contributed by atoms with Crippen molar-refractivity contribution in [3.05, 3.63) is 36.0 Å². The Kier molecular flexibility index (Phi) is 4.50. The van der Waals surface area contributed by atoms with Gasteiger partial charge in [0.05, 0.1) is 17.9 Å². The largest absolute Gasteiger partial charge is 0.385 e. The molecule has 1 atom stereocenters. The van der Waals surface area contributed by atoms with Gasteiger partial charge in [-0.1, -0.05) is 33.4 Å². The zero-order chi connectivity index (χ0) is 15.6. The molecule has 3 nitrogen and oxygen atoms in total. The molecule has 0 radical (unpaired) electrons. The van der Waals surface area contributed by atoms with E-state index in [4.69, 9.17) is 0 Å². The van der Waals surface area contributed by atoms with E-state index in [2.05, 4.69) is 74.9 Å². The number of fused-ring (bicyclic) bond motifs is 1. The summed E-state index contributed by atoms with van der Waals surface area (Å²) in [5, 5.41) is 7.10. The molecule has 21 heavy (non-hydrogen) atoms. The summed E-state index contributed by atoms with van der Waals surface area (Å²) in [5.74, 6) is 0. The van der Waals surface area contributed by atoms with Crippen LogP contribution in [-0.4, -0.2) is 19.3 Å². The van der Waals surface area contributed by atoms with Crippen molar-refractivity contribution in [1.82, 2.24) is 5.32 Å². The summed E-state index contributed by atoms with van der Waals surface area (Å²) in [6, 6.07) is 6.60. The van der Waals surface area contributed by atoms with Crippen LogP contribution in [0.25, 0.3) is 0 Å². The molecule has 3 heteroatoms. The highest BCUT2D eigenvalue weighted by Gasteiger charge is 2.27. The summed E-state index contributed by atoms with van der Waals surface area (Å²) < 4.78 is 0. The zero-order valence-corrected chi connectivity index (χ0v) is 14.1. The lowest BCUT2D eigenvalue weighted by Crippen LogP contribution is -2.43. The predicted molar refractivity (Wildman–Crippen MR) is 92.8 cm³/mol. The first-order chi connectivity index (χ1) is 9.80. The Balaban J connectivity index is 1.98. The molecule has 0 spiro atoms. The van der Waals surface area contributed by atoms with Gasteiger partial charge in [-0.15, -0.1) is 0 Å². The minimum absolute atomic E-state index is 0.276. The van der Waals surface area contributed by atoms with Crippen LogP contribution in [0.3, 0.4) is 0 Å². The van der Waals surface area contributed by atoms with Crippen molar-refractivity contribution in [2.75, 3.05) is 23.3 Å². The average Bonchev–Trinajstić information content (AvgIpc) is 2.71. The maximum absolute atomic E-state index is 4.16. The minimum Gasteiger partial charge on any atom is -0.385 e. The molecule has 2 N–H and O–H groups in total. The molecule has 0 amide bonds. The molecule has 0 aliphatic carbocycles. The van der Waals surface area contributed by atoms with Crippen molar-refractivity contribution in [3.63, 3.8) is 0 Å². The van der Waals surface area contributed by atoms with Gasteiger partial charge in [0.2, 0.25) is 0 Å². The van der Waals surface area contributed by atoms with Crippen LogP contribution in [0.2, 0.25) is 0 Å². The zero-order valence-electron chi connectivity index (χ0n) is 14.1. The van der Waals surface area contributed by atoms with Crippen molar-refractivity contribution in [1.29, 1.82) is 0 Å². The number of benzene rings is 1. The number of anilines is 2. The summed E-state index contributed by atoms with van der Waals surface area (Å²) >= 11 is 0. The highest BCUT2D eigenvalue weighted by Crippen LogP contribution is 2.35. The Morgan fingerprint density at radius 2 is 2.10 bits per heavy atom. The maximum atomic E-state index is 4.16. The van der Waals surface area contributed by atoms with E-state index in [1.165, 1.54) is 16.9 Å². The molecule has 0 aromatic heterocycles. The maximum Gasteiger partial charge on any atom is 0.117 e. The first kappa shape index (κ1) is 15.7. The van der Waals surface area contributed by atoms with E-state index in [0.29, 0.717) is 6.17 Å². The summed E-state index contributed by atoms with van der Waals surface area (Å²) in [6.07, 6.45) is 1.29. The number of allylic oxidation sites excluding steroid dienone is 1. The van der Waals surface area contributed by atoms with E-state index in [1.54, 1.807) is 0 Å². The van der Waals surface area contributed by atoms with Gasteiger partial charge in [-0.25, -0.2) is 0 Å². The average molecular weight is 287 g/mol. The Morgan fingerprint density at radius 1 is 1.38 bits per heavy atom. The van der Waals surface area contributed by atoms with Crippen molar-refractivity contribution in [2.24, 2.45) is 5.41 Å². The predicted octanol–water partition coefficient (Wildman–Crippen LogP) is 4.11.